The van der Waals surface area contributed by atoms with Crippen LogP contribution in [-0.2, 0) is 81.8 Å². The molecule has 139 heavy (non-hydrogen) atoms. The summed E-state index contributed by atoms with van der Waals surface area (Å²) < 4.78 is 120. The van der Waals surface area contributed by atoms with E-state index in [1.54, 1.807) is 110 Å². The Bertz CT molecular complexity index is 5880. The second-order valence-electron chi connectivity index (χ2n) is 44.4. The Morgan fingerprint density at radius 1 is 0.324 bits per heavy atom. The number of aryl methyl sites for hydroxylation is 2. The summed E-state index contributed by atoms with van der Waals surface area (Å²) in [6.07, 6.45) is -8.57. The van der Waals surface area contributed by atoms with Gasteiger partial charge in [0.1, 0.15) is 14.4 Å². The minimum atomic E-state index is -4.31. The van der Waals surface area contributed by atoms with E-state index in [4.69, 9.17) is 81.2 Å². The van der Waals surface area contributed by atoms with E-state index in [2.05, 4.69) is 279 Å². The normalized spacial score (nSPS) is 12.2. The molecule has 768 valence electrons. The molecule has 12 rings (SSSR count). The predicted octanol–water partition coefficient (Wildman–Crippen LogP) is 43.8. The lowest BCUT2D eigenvalue weighted by Crippen LogP contribution is -2.19. The van der Waals surface area contributed by atoms with Crippen LogP contribution in [-0.4, -0.2) is 13.3 Å². The molecule has 0 aliphatic rings. The van der Waals surface area contributed by atoms with E-state index < -0.39 is 44.1 Å². The first-order valence-corrected chi connectivity index (χ1v) is 55.2. The Hall–Kier alpha value is -4.63. The largest absolute Gasteiger partial charge is 0.416 e. The van der Waals surface area contributed by atoms with E-state index in [0.717, 1.165) is 81.7 Å². The summed E-state index contributed by atoms with van der Waals surface area (Å²) in [5.74, 6) is -0.148. The summed E-state index contributed by atoms with van der Waals surface area (Å²) in [6, 6.07) is 55.3. The molecule has 7 aromatic carbocycles. The van der Waals surface area contributed by atoms with Crippen molar-refractivity contribution < 1.29 is 44.1 Å². The molecule has 28 heteroatoms. The number of rotatable bonds is 3. The number of hydrogen-bond acceptors (Lipinski definition) is 9. The van der Waals surface area contributed by atoms with Gasteiger partial charge in [-0.2, -0.15) is 26.3 Å². The molecule has 0 radical (unpaired) electrons. The average Bonchev–Trinajstić information content (AvgIpc) is 1.78. The number of alkyl halides is 6. The summed E-state index contributed by atoms with van der Waals surface area (Å²) in [5, 5.41) is 12.4. The molecule has 0 aliphatic carbocycles. The van der Waals surface area contributed by atoms with Crippen LogP contribution in [0.5, 0.6) is 0 Å². The molecule has 0 amide bonds. The Morgan fingerprint density at radius 3 is 1.11 bits per heavy atom. The van der Waals surface area contributed by atoms with Crippen LogP contribution in [0.15, 0.2) is 216 Å². The van der Waals surface area contributed by atoms with E-state index in [1.807, 2.05) is 93.6 Å². The third-order valence-corrected chi connectivity index (χ3v) is 34.1. The van der Waals surface area contributed by atoms with Crippen molar-refractivity contribution >= 4 is 201 Å². The third kappa shape index (κ3) is 45.3. The first kappa shape index (κ1) is 130. The SMILES string of the molecule is CC(C)(C)c1cc(Br)c(Cl)s1.CC(C)(C)c1cc(C(F)(F)F)ccc1Cl.CC(C)(C)c1cc(Cl)sc1Cl.CC(C)(C)c1ccc(Br)s1.CC(C)(C)c1ccc(S(=O)(=O)c2ccccc2)s1.CC(C)(C)c1ccc([N+](=O)[O-])cc1.CC(C)(C)c1ccccc1C(F)(F)F.CC(C)(C)c1sc(Cl)cc1Br.Cc1c(Cl)cccc1C(C)(C)C.Cc1cc(Cl)ccc1C(C)(C)C.Cc1ccc(F)cc1C(C)(C)C. The van der Waals surface area contributed by atoms with Crippen molar-refractivity contribution in [2.45, 2.75) is 330 Å². The molecule has 12 aromatic rings. The van der Waals surface area contributed by atoms with Crippen LogP contribution in [0, 0.1) is 36.7 Å². The van der Waals surface area contributed by atoms with Crippen LogP contribution >= 0.6 is 186 Å². The fraction of sp³-hybridized carbons (Fsp3) is 0.441. The quantitative estimate of drug-likeness (QED) is 0.100. The standard InChI is InChI=1S/C14H16O2S2.C11H12ClF3.2C11H15Cl.C11H13F3.C11H15F.C10H13NO2.2C8H10BrClS.C8H11BrS.C8H10Cl2S/c1-14(2,3)12-9-10-13(17-12)18(15,16)11-7-5-4-6-8-11;1-10(2,3)8-6-7(11(13,14)15)4-5-9(8)12;1-8-7-9(12)5-6-10(8)11(2,3)4;1-8-9(11(2,3)4)6-5-7-10(8)12;1-10(2,3)8-6-4-5-7-9(8)11(12,13)14;1-8-5-6-9(12)7-10(8)11(2,3)4;1-10(2,3)8-4-6-9(7-5-8)11(12)13;1-8(2,3)7-5(9)4-6(10)11-7;1-8(2,3)6-4-5(9)7(10)11-6;1-8(2,3)6-4-5-7(9)10-6;1-8(2,3)5-4-6(9)11-7(5)10/h4-10H,1-3H3;4-6H,1-3H3;2*5-7H,1-4H3;4-7H,1-3H3;5-7H,1-4H3;4-7H,1-3H3;2*4H,1-3H3;4-5H,1-3H3;4H,1-3H3. The van der Waals surface area contributed by atoms with E-state index in [-0.39, 0.29) is 59.7 Å². The molecule has 0 unspecified atom stereocenters. The first-order chi connectivity index (χ1) is 62.5. The second kappa shape index (κ2) is 53.3. The molecule has 0 fully saturated rings. The molecule has 5 heterocycles. The van der Waals surface area contributed by atoms with Gasteiger partial charge in [0.25, 0.3) is 5.69 Å². The second-order valence-corrected chi connectivity index (χ2v) is 58.7. The summed E-state index contributed by atoms with van der Waals surface area (Å²) in [7, 11) is -3.36. The highest BCUT2D eigenvalue weighted by Crippen LogP contribution is 2.45. The van der Waals surface area contributed by atoms with Crippen molar-refractivity contribution in [3.05, 3.63) is 341 Å². The first-order valence-electron chi connectivity index (χ1n) is 44.7. The number of non-ortho nitro benzene ring substituents is 1. The number of nitrogens with zero attached hydrogens (tertiary/aromatic N) is 1. The van der Waals surface area contributed by atoms with Gasteiger partial charge < -0.3 is 0 Å². The maximum Gasteiger partial charge on any atom is 0.416 e. The van der Waals surface area contributed by atoms with Gasteiger partial charge in [0.05, 0.1) is 37.7 Å². The van der Waals surface area contributed by atoms with Crippen LogP contribution in [0.4, 0.5) is 36.4 Å². The van der Waals surface area contributed by atoms with Crippen molar-refractivity contribution in [2.75, 3.05) is 0 Å². The van der Waals surface area contributed by atoms with E-state index >= 15 is 0 Å². The number of benzene rings is 7. The number of thiophene rings is 5. The summed E-state index contributed by atoms with van der Waals surface area (Å²) in [4.78, 5) is 15.5. The molecular weight excluding hydrogens is 2220 g/mol. The Kier molecular flexibility index (Phi) is 50.0. The van der Waals surface area contributed by atoms with Gasteiger partial charge in [-0.15, -0.1) is 56.7 Å². The molecule has 0 saturated carbocycles. The molecular formula is C111H140Br3Cl7F7NO4S6. The smallest absolute Gasteiger partial charge is 0.258 e. The van der Waals surface area contributed by atoms with Gasteiger partial charge in [-0.05, 0) is 293 Å². The van der Waals surface area contributed by atoms with E-state index in [9.17, 15) is 49.3 Å². The number of nitro benzene ring substituents is 1. The van der Waals surface area contributed by atoms with Gasteiger partial charge in [-0.3, -0.25) is 10.1 Å². The van der Waals surface area contributed by atoms with Gasteiger partial charge in [-0.1, -0.05) is 382 Å². The molecule has 0 spiro atoms. The van der Waals surface area contributed by atoms with E-state index in [0.29, 0.717) is 30.7 Å². The van der Waals surface area contributed by atoms with Gasteiger partial charge in [-0.25, -0.2) is 12.8 Å². The number of sulfone groups is 1. The third-order valence-electron chi connectivity index (χ3n) is 20.3. The average molecular weight is 2370 g/mol. The van der Waals surface area contributed by atoms with Crippen molar-refractivity contribution in [2.24, 2.45) is 0 Å². The molecule has 0 N–H and O–H groups in total. The lowest BCUT2D eigenvalue weighted by Gasteiger charge is -2.23. The molecule has 0 saturated heterocycles. The van der Waals surface area contributed by atoms with E-state index in [1.165, 1.54) is 87.6 Å². The molecule has 5 aromatic heterocycles. The van der Waals surface area contributed by atoms with Crippen LogP contribution < -0.4 is 0 Å². The highest BCUT2D eigenvalue weighted by atomic mass is 79.9. The highest BCUT2D eigenvalue weighted by Gasteiger charge is 2.37. The summed E-state index contributed by atoms with van der Waals surface area (Å²) >= 11 is 59.5. The lowest BCUT2D eigenvalue weighted by molar-refractivity contribution is -0.384. The topological polar surface area (TPSA) is 77.3 Å². The monoisotopic (exact) mass is 2360 g/mol. The van der Waals surface area contributed by atoms with Crippen molar-refractivity contribution in [3.8, 4) is 0 Å². The van der Waals surface area contributed by atoms with Crippen LogP contribution in [0.2, 0.25) is 32.4 Å². The van der Waals surface area contributed by atoms with Crippen molar-refractivity contribution in [1.82, 2.24) is 0 Å². The highest BCUT2D eigenvalue weighted by molar-refractivity contribution is 9.11. The summed E-state index contributed by atoms with van der Waals surface area (Å²) in [6.45, 7) is 75.1. The molecule has 0 atom stereocenters. The minimum absolute atomic E-state index is 0.0187. The van der Waals surface area contributed by atoms with Gasteiger partial charge in [0, 0.05) is 55.7 Å². The Balaban J connectivity index is 0.000000519. The van der Waals surface area contributed by atoms with Crippen molar-refractivity contribution in [3.63, 3.8) is 0 Å². The van der Waals surface area contributed by atoms with Crippen LogP contribution in [0.1, 0.15) is 315 Å². The zero-order valence-electron chi connectivity index (χ0n) is 86.9. The number of nitro groups is 1. The van der Waals surface area contributed by atoms with Gasteiger partial charge >= 0.3 is 12.4 Å². The van der Waals surface area contributed by atoms with Crippen LogP contribution in [0.25, 0.3) is 0 Å². The van der Waals surface area contributed by atoms with Gasteiger partial charge in [0.2, 0.25) is 9.84 Å². The predicted molar refractivity (Wildman–Crippen MR) is 607 cm³/mol. The maximum atomic E-state index is 12.9. The number of halogens is 17. The summed E-state index contributed by atoms with van der Waals surface area (Å²) in [5.41, 5.74) is 9.87. The van der Waals surface area contributed by atoms with Crippen molar-refractivity contribution in [1.29, 1.82) is 0 Å². The Morgan fingerprint density at radius 2 is 0.777 bits per heavy atom. The van der Waals surface area contributed by atoms with Crippen LogP contribution in [0.3, 0.4) is 0 Å². The number of hydrogen-bond donors (Lipinski definition) is 0. The molecule has 5 nitrogen and oxygen atoms in total. The minimum Gasteiger partial charge on any atom is -0.258 e. The molecule has 0 aliphatic heterocycles. The zero-order chi connectivity index (χ0) is 108. The lowest BCUT2D eigenvalue weighted by atomic mass is 9.83. The zero-order valence-corrected chi connectivity index (χ0v) is 102. The fourth-order valence-electron chi connectivity index (χ4n) is 12.8. The maximum absolute atomic E-state index is 12.9. The van der Waals surface area contributed by atoms with Gasteiger partial charge in [0.15, 0.2) is 0 Å². The Labute approximate surface area is 907 Å². The fourth-order valence-corrected chi connectivity index (χ4v) is 23.9. The molecule has 0 bridgehead atoms.